The largest absolute Gasteiger partial charge is 6.00 e. The van der Waals surface area contributed by atoms with Crippen LogP contribution in [0.3, 0.4) is 0 Å². The summed E-state index contributed by atoms with van der Waals surface area (Å²) in [6.45, 7) is 0. The minimum atomic E-state index is 0. The van der Waals surface area contributed by atoms with E-state index in [-0.39, 0.29) is 61.6 Å². The van der Waals surface area contributed by atoms with E-state index in [2.05, 4.69) is 0 Å². The third-order valence-corrected chi connectivity index (χ3v) is 0. The molecule has 50 valence electrons. The van der Waals surface area contributed by atoms with Gasteiger partial charge in [-0.3, -0.25) is 0 Å². The molecule has 0 aliphatic heterocycles. The fraction of sp³-hybridized carbons (Fsp3) is 0. The first kappa shape index (κ1) is 1180. The van der Waals surface area contributed by atoms with E-state index in [1.807, 2.05) is 0 Å². The standard InChI is InChI=1S/6CH3.Fe/h6*1H3;/q6*-1;+6. The van der Waals surface area contributed by atoms with Crippen LogP contribution in [0.25, 0.3) is 0 Å². The summed E-state index contributed by atoms with van der Waals surface area (Å²) in [5.41, 5.74) is 0. The molecule has 0 aromatic carbocycles. The summed E-state index contributed by atoms with van der Waals surface area (Å²) in [6, 6.07) is 0. The van der Waals surface area contributed by atoms with Crippen molar-refractivity contribution < 1.29 is 17.1 Å². The van der Waals surface area contributed by atoms with Crippen molar-refractivity contribution in [3.05, 3.63) is 44.6 Å². The van der Waals surface area contributed by atoms with Crippen molar-refractivity contribution in [1.82, 2.24) is 0 Å². The van der Waals surface area contributed by atoms with E-state index < -0.39 is 0 Å². The zero-order chi connectivity index (χ0) is 0. The average Bonchev–Trinajstić information content (AvgIpc) is 0. The van der Waals surface area contributed by atoms with E-state index in [4.69, 9.17) is 0 Å². The van der Waals surface area contributed by atoms with Crippen molar-refractivity contribution in [2.75, 3.05) is 0 Å². The first-order valence-corrected chi connectivity index (χ1v) is 0. The molecule has 0 bridgehead atoms. The van der Waals surface area contributed by atoms with Gasteiger partial charge in [-0.2, -0.15) is 0 Å². The van der Waals surface area contributed by atoms with E-state index in [9.17, 15) is 0 Å². The van der Waals surface area contributed by atoms with Gasteiger partial charge in [0.1, 0.15) is 0 Å². The topological polar surface area (TPSA) is 0 Å². The Hall–Kier alpha value is 0.519. The molecule has 0 saturated carbocycles. The van der Waals surface area contributed by atoms with Gasteiger partial charge in [0.15, 0.2) is 0 Å². The second-order valence-corrected chi connectivity index (χ2v) is 0. The number of hydrogen-bond acceptors (Lipinski definition) is 0. The molecule has 0 nitrogen and oxygen atoms in total. The van der Waals surface area contributed by atoms with Gasteiger partial charge in [-0.1, -0.05) is 0 Å². The molecule has 0 fully saturated rings. The Kier molecular flexibility index (Phi) is 125000. The fourth-order valence-corrected chi connectivity index (χ4v) is 0. The molecule has 0 rings (SSSR count). The van der Waals surface area contributed by atoms with Crippen LogP contribution >= 0.6 is 0 Å². The van der Waals surface area contributed by atoms with Crippen LogP contribution in [-0.4, -0.2) is 0 Å². The van der Waals surface area contributed by atoms with Crippen LogP contribution in [0.4, 0.5) is 0 Å². The van der Waals surface area contributed by atoms with E-state index in [1.54, 1.807) is 0 Å². The zero-order valence-corrected chi connectivity index (χ0v) is 7.46. The van der Waals surface area contributed by atoms with Crippen molar-refractivity contribution in [2.24, 2.45) is 0 Å². The van der Waals surface area contributed by atoms with E-state index in [0.717, 1.165) is 0 Å². The molecule has 0 aliphatic carbocycles. The van der Waals surface area contributed by atoms with Gasteiger partial charge < -0.3 is 44.6 Å². The van der Waals surface area contributed by atoms with Crippen molar-refractivity contribution in [1.29, 1.82) is 0 Å². The van der Waals surface area contributed by atoms with Crippen LogP contribution in [0.2, 0.25) is 0 Å². The Morgan fingerprint density at radius 2 is 0.286 bits per heavy atom. The molecule has 0 aromatic heterocycles. The van der Waals surface area contributed by atoms with Gasteiger partial charge in [0, 0.05) is 0 Å². The third kappa shape index (κ3) is 493. The van der Waals surface area contributed by atoms with E-state index in [1.165, 1.54) is 0 Å². The zero-order valence-electron chi connectivity index (χ0n) is 6.35. The van der Waals surface area contributed by atoms with Crippen molar-refractivity contribution in [3.63, 3.8) is 0 Å². The van der Waals surface area contributed by atoms with Crippen LogP contribution in [-0.2, 0) is 17.1 Å². The SMILES string of the molecule is [CH3-].[CH3-].[CH3-].[CH3-].[CH3-].[CH3-].[Fe+6]. The Morgan fingerprint density at radius 1 is 0.286 bits per heavy atom. The molecule has 0 spiro atoms. The predicted octanol–water partition coefficient (Wildman–Crippen LogP) is 2.70. The van der Waals surface area contributed by atoms with Crippen LogP contribution in [0.15, 0.2) is 0 Å². The first-order valence-electron chi connectivity index (χ1n) is 0. The molecular formula is C6H18Fe. The second kappa shape index (κ2) is 736. The van der Waals surface area contributed by atoms with Gasteiger partial charge in [0.2, 0.25) is 0 Å². The third-order valence-electron chi connectivity index (χ3n) is 0. The quantitative estimate of drug-likeness (QED) is 0.364. The number of rotatable bonds is 0. The summed E-state index contributed by atoms with van der Waals surface area (Å²) < 4.78 is 0. The molecule has 0 saturated heterocycles. The Balaban J connectivity index is 0. The van der Waals surface area contributed by atoms with Crippen LogP contribution in [0.1, 0.15) is 0 Å². The molecule has 0 N–H and O–H groups in total. The Morgan fingerprint density at radius 3 is 0.286 bits per heavy atom. The van der Waals surface area contributed by atoms with Gasteiger partial charge in [0.25, 0.3) is 0 Å². The Labute approximate surface area is 62.2 Å². The maximum Gasteiger partial charge on any atom is 6.00 e. The van der Waals surface area contributed by atoms with Crippen molar-refractivity contribution >= 4 is 0 Å². The summed E-state index contributed by atoms with van der Waals surface area (Å²) in [4.78, 5) is 0. The first-order chi connectivity index (χ1) is 0. The second-order valence-electron chi connectivity index (χ2n) is 0. The van der Waals surface area contributed by atoms with Crippen molar-refractivity contribution in [3.8, 4) is 0 Å². The number of hydrogen-bond donors (Lipinski definition) is 0. The molecule has 0 aliphatic rings. The van der Waals surface area contributed by atoms with E-state index in [0.29, 0.717) is 0 Å². The Bertz CT molecular complexity index is 4.14. The minimum absolute atomic E-state index is 0. The van der Waals surface area contributed by atoms with Gasteiger partial charge in [-0.15, -0.1) is 0 Å². The maximum atomic E-state index is 0. The van der Waals surface area contributed by atoms with Crippen LogP contribution < -0.4 is 0 Å². The fourth-order valence-electron chi connectivity index (χ4n) is 0. The molecular weight excluding hydrogens is 128 g/mol. The van der Waals surface area contributed by atoms with Gasteiger partial charge >= 0.3 is 17.1 Å². The molecule has 7 heavy (non-hydrogen) atoms. The average molecular weight is 146 g/mol. The molecule has 0 unspecified atom stereocenters. The smallest absolute Gasteiger partial charge is 0.358 e. The molecule has 0 atom stereocenters. The predicted molar refractivity (Wildman–Crippen MR) is 38.5 cm³/mol. The summed E-state index contributed by atoms with van der Waals surface area (Å²) in [7, 11) is 0. The monoisotopic (exact) mass is 146 g/mol. The van der Waals surface area contributed by atoms with Crippen molar-refractivity contribution in [2.45, 2.75) is 0 Å². The minimum Gasteiger partial charge on any atom is -0.358 e. The van der Waals surface area contributed by atoms with Crippen LogP contribution in [0.5, 0.6) is 0 Å². The molecule has 0 radical (unpaired) electrons. The van der Waals surface area contributed by atoms with Gasteiger partial charge in [0.05, 0.1) is 0 Å². The molecule has 0 amide bonds. The summed E-state index contributed by atoms with van der Waals surface area (Å²) in [6.07, 6.45) is 0. The summed E-state index contributed by atoms with van der Waals surface area (Å²) >= 11 is 0. The molecule has 0 aromatic rings. The molecule has 1 heteroatoms. The summed E-state index contributed by atoms with van der Waals surface area (Å²) in [5, 5.41) is 0. The molecule has 0 heterocycles. The van der Waals surface area contributed by atoms with Gasteiger partial charge in [-0.05, 0) is 0 Å². The van der Waals surface area contributed by atoms with Gasteiger partial charge in [-0.25, -0.2) is 0 Å². The van der Waals surface area contributed by atoms with Crippen LogP contribution in [0, 0.1) is 44.6 Å². The maximum absolute atomic E-state index is 0. The normalized spacial score (nSPS) is 0. The van der Waals surface area contributed by atoms with E-state index >= 15 is 0 Å². The summed E-state index contributed by atoms with van der Waals surface area (Å²) in [5.74, 6) is 0.